The van der Waals surface area contributed by atoms with Crippen LogP contribution in [0.4, 0.5) is 5.69 Å². The number of likely N-dealkylation sites (tertiary alicyclic amines) is 1. The largest absolute Gasteiger partial charge is 0.369 e. The molecule has 1 aromatic carbocycles. The van der Waals surface area contributed by atoms with Crippen molar-refractivity contribution >= 4 is 16.6 Å². The normalized spacial score (nSPS) is 24.3. The second kappa shape index (κ2) is 9.29. The summed E-state index contributed by atoms with van der Waals surface area (Å²) >= 11 is 0. The Morgan fingerprint density at radius 3 is 2.52 bits per heavy atom. The Morgan fingerprint density at radius 2 is 1.74 bits per heavy atom. The van der Waals surface area contributed by atoms with Crippen LogP contribution in [0.5, 0.6) is 0 Å². The lowest BCUT2D eigenvalue weighted by Crippen LogP contribution is -2.48. The third-order valence-electron chi connectivity index (χ3n) is 7.92. The summed E-state index contributed by atoms with van der Waals surface area (Å²) < 4.78 is 1.87. The van der Waals surface area contributed by atoms with Crippen LogP contribution in [-0.2, 0) is 0 Å². The smallest absolute Gasteiger partial charge is 0.261 e. The van der Waals surface area contributed by atoms with Crippen molar-refractivity contribution in [3.63, 3.8) is 0 Å². The molecule has 1 atom stereocenters. The number of hydrogen-bond donors (Lipinski definition) is 0. The number of piperidine rings is 1. The van der Waals surface area contributed by atoms with Crippen LogP contribution in [0.2, 0.25) is 0 Å². The summed E-state index contributed by atoms with van der Waals surface area (Å²) in [5, 5.41) is 0.758. The van der Waals surface area contributed by atoms with E-state index >= 15 is 0 Å². The standard InChI is InChI=1S/C25H37N5O/c1-27-12-5-4-6-20(27)11-13-28-14-16-29(17-15-28)22-9-10-23-24(18-22)26-19-30(25(23)31)21-7-2-3-8-21/h9-10,18-21H,2-8,11-17H2,1H3. The second-order valence-electron chi connectivity index (χ2n) is 9.84. The van der Waals surface area contributed by atoms with Gasteiger partial charge in [0, 0.05) is 44.0 Å². The van der Waals surface area contributed by atoms with E-state index in [0.29, 0.717) is 6.04 Å². The van der Waals surface area contributed by atoms with E-state index in [9.17, 15) is 4.79 Å². The van der Waals surface area contributed by atoms with Crippen molar-refractivity contribution < 1.29 is 0 Å². The zero-order valence-corrected chi connectivity index (χ0v) is 19.0. The molecule has 3 heterocycles. The first-order valence-electron chi connectivity index (χ1n) is 12.4. The lowest BCUT2D eigenvalue weighted by Gasteiger charge is -2.38. The average Bonchev–Trinajstić information content (AvgIpc) is 3.34. The fourth-order valence-corrected chi connectivity index (χ4v) is 5.83. The maximum absolute atomic E-state index is 13.0. The van der Waals surface area contributed by atoms with E-state index in [1.807, 2.05) is 10.6 Å². The van der Waals surface area contributed by atoms with Crippen molar-refractivity contribution in [1.29, 1.82) is 0 Å². The van der Waals surface area contributed by atoms with Crippen LogP contribution < -0.4 is 10.5 Å². The predicted molar refractivity (Wildman–Crippen MR) is 127 cm³/mol. The van der Waals surface area contributed by atoms with E-state index in [-0.39, 0.29) is 5.56 Å². The molecule has 0 amide bonds. The van der Waals surface area contributed by atoms with Gasteiger partial charge in [-0.1, -0.05) is 19.3 Å². The zero-order valence-electron chi connectivity index (χ0n) is 19.0. The second-order valence-corrected chi connectivity index (χ2v) is 9.84. The van der Waals surface area contributed by atoms with Gasteiger partial charge < -0.3 is 9.80 Å². The third-order valence-corrected chi connectivity index (χ3v) is 7.92. The lowest BCUT2D eigenvalue weighted by atomic mass is 10.00. The predicted octanol–water partition coefficient (Wildman–Crippen LogP) is 3.51. The first kappa shape index (κ1) is 21.0. The minimum atomic E-state index is 0.126. The van der Waals surface area contributed by atoms with Gasteiger partial charge in [-0.15, -0.1) is 0 Å². The van der Waals surface area contributed by atoms with Crippen LogP contribution in [0.1, 0.15) is 57.4 Å². The first-order chi connectivity index (χ1) is 15.2. The van der Waals surface area contributed by atoms with E-state index in [4.69, 9.17) is 0 Å². The number of anilines is 1. The Hall–Kier alpha value is -1.92. The third kappa shape index (κ3) is 4.51. The molecule has 1 aromatic heterocycles. The van der Waals surface area contributed by atoms with Gasteiger partial charge in [0.25, 0.3) is 5.56 Å². The van der Waals surface area contributed by atoms with Gasteiger partial charge in [-0.3, -0.25) is 14.3 Å². The molecule has 31 heavy (non-hydrogen) atoms. The molecular weight excluding hydrogens is 386 g/mol. The number of aromatic nitrogens is 2. The van der Waals surface area contributed by atoms with Gasteiger partial charge in [0.05, 0.1) is 17.2 Å². The summed E-state index contributed by atoms with van der Waals surface area (Å²) in [7, 11) is 2.29. The summed E-state index contributed by atoms with van der Waals surface area (Å²) in [6, 6.07) is 7.34. The molecule has 1 saturated carbocycles. The molecule has 1 aliphatic carbocycles. The summed E-state index contributed by atoms with van der Waals surface area (Å²) in [4.78, 5) is 25.3. The fraction of sp³-hybridized carbons (Fsp3) is 0.680. The van der Waals surface area contributed by atoms with E-state index in [1.165, 1.54) is 57.3 Å². The Balaban J connectivity index is 1.20. The molecule has 168 valence electrons. The van der Waals surface area contributed by atoms with Gasteiger partial charge >= 0.3 is 0 Å². The van der Waals surface area contributed by atoms with E-state index in [0.717, 1.165) is 56.0 Å². The molecule has 0 spiro atoms. The Bertz CT molecular complexity index is 943. The summed E-state index contributed by atoms with van der Waals surface area (Å²) in [6.07, 6.45) is 11.8. The highest BCUT2D eigenvalue weighted by Gasteiger charge is 2.23. The first-order valence-corrected chi connectivity index (χ1v) is 12.4. The maximum atomic E-state index is 13.0. The van der Waals surface area contributed by atoms with Gasteiger partial charge in [-0.05, 0) is 70.4 Å². The summed E-state index contributed by atoms with van der Waals surface area (Å²) in [6.45, 7) is 6.80. The number of hydrogen-bond acceptors (Lipinski definition) is 5. The molecule has 1 unspecified atom stereocenters. The molecule has 5 rings (SSSR count). The minimum Gasteiger partial charge on any atom is -0.369 e. The highest BCUT2D eigenvalue weighted by atomic mass is 16.1. The minimum absolute atomic E-state index is 0.126. The molecule has 0 N–H and O–H groups in total. The molecule has 3 aliphatic rings. The van der Waals surface area contributed by atoms with Crippen molar-refractivity contribution in [2.75, 3.05) is 51.2 Å². The van der Waals surface area contributed by atoms with E-state index in [1.54, 1.807) is 6.33 Å². The van der Waals surface area contributed by atoms with Crippen molar-refractivity contribution in [3.05, 3.63) is 34.9 Å². The zero-order chi connectivity index (χ0) is 21.2. The fourth-order valence-electron chi connectivity index (χ4n) is 5.83. The number of piperazine rings is 1. The number of nitrogens with zero attached hydrogens (tertiary/aromatic N) is 5. The van der Waals surface area contributed by atoms with Crippen LogP contribution in [-0.4, -0.2) is 71.7 Å². The van der Waals surface area contributed by atoms with Crippen LogP contribution >= 0.6 is 0 Å². The molecule has 0 bridgehead atoms. The van der Waals surface area contributed by atoms with Crippen molar-refractivity contribution in [3.8, 4) is 0 Å². The van der Waals surface area contributed by atoms with Crippen LogP contribution in [0.25, 0.3) is 10.9 Å². The van der Waals surface area contributed by atoms with Gasteiger partial charge in [0.15, 0.2) is 0 Å². The molecule has 6 nitrogen and oxygen atoms in total. The topological polar surface area (TPSA) is 44.6 Å². The van der Waals surface area contributed by atoms with Crippen LogP contribution in [0, 0.1) is 0 Å². The molecule has 0 radical (unpaired) electrons. The SMILES string of the molecule is CN1CCCCC1CCN1CCN(c2ccc3c(=O)n(C4CCCC4)cnc3c2)CC1. The van der Waals surface area contributed by atoms with Crippen molar-refractivity contribution in [2.45, 2.75) is 63.5 Å². The molecular formula is C25H37N5O. The monoisotopic (exact) mass is 423 g/mol. The lowest BCUT2D eigenvalue weighted by molar-refractivity contribution is 0.151. The Kier molecular flexibility index (Phi) is 6.28. The summed E-state index contributed by atoms with van der Waals surface area (Å²) in [5.41, 5.74) is 2.16. The average molecular weight is 424 g/mol. The number of rotatable bonds is 5. The van der Waals surface area contributed by atoms with Gasteiger partial charge in [0.2, 0.25) is 0 Å². The number of benzene rings is 1. The Labute approximate surface area is 185 Å². The summed E-state index contributed by atoms with van der Waals surface area (Å²) in [5.74, 6) is 0. The van der Waals surface area contributed by atoms with Crippen molar-refractivity contribution in [1.82, 2.24) is 19.4 Å². The van der Waals surface area contributed by atoms with Gasteiger partial charge in [0.1, 0.15) is 0 Å². The Morgan fingerprint density at radius 1 is 0.968 bits per heavy atom. The van der Waals surface area contributed by atoms with Gasteiger partial charge in [-0.2, -0.15) is 0 Å². The molecule has 2 aromatic rings. The highest BCUT2D eigenvalue weighted by molar-refractivity contribution is 5.81. The maximum Gasteiger partial charge on any atom is 0.261 e. The molecule has 2 aliphatic heterocycles. The molecule has 6 heteroatoms. The van der Waals surface area contributed by atoms with Crippen LogP contribution in [0.15, 0.2) is 29.3 Å². The number of fused-ring (bicyclic) bond motifs is 1. The van der Waals surface area contributed by atoms with Crippen molar-refractivity contribution in [2.24, 2.45) is 0 Å². The van der Waals surface area contributed by atoms with Gasteiger partial charge in [-0.25, -0.2) is 4.98 Å². The molecule has 3 fully saturated rings. The highest BCUT2D eigenvalue weighted by Crippen LogP contribution is 2.29. The van der Waals surface area contributed by atoms with E-state index < -0.39 is 0 Å². The van der Waals surface area contributed by atoms with Crippen LogP contribution in [0.3, 0.4) is 0 Å². The van der Waals surface area contributed by atoms with E-state index in [2.05, 4.69) is 38.9 Å². The molecule has 2 saturated heterocycles. The quantitative estimate of drug-likeness (QED) is 0.736.